The maximum Gasteiger partial charge on any atom is 0.225 e. The van der Waals surface area contributed by atoms with Crippen molar-refractivity contribution in [3.63, 3.8) is 0 Å². The summed E-state index contributed by atoms with van der Waals surface area (Å²) in [7, 11) is 0. The molecule has 0 bridgehead atoms. The van der Waals surface area contributed by atoms with E-state index in [1.54, 1.807) is 4.90 Å². The van der Waals surface area contributed by atoms with Crippen molar-refractivity contribution >= 4 is 11.8 Å². The second-order valence-electron chi connectivity index (χ2n) is 6.15. The number of hydrogen-bond donors (Lipinski definition) is 2. The van der Waals surface area contributed by atoms with Crippen LogP contribution in [0.1, 0.15) is 37.8 Å². The molecule has 1 aliphatic heterocycles. The van der Waals surface area contributed by atoms with Crippen molar-refractivity contribution in [3.8, 4) is 0 Å². The number of carbonyl (C=O) groups excluding carboxylic acids is 2. The molecular formula is C17H22F2N2O3. The fourth-order valence-corrected chi connectivity index (χ4v) is 3.01. The third-order valence-corrected chi connectivity index (χ3v) is 4.22. The molecule has 1 heterocycles. The zero-order valence-corrected chi connectivity index (χ0v) is 13.6. The first-order chi connectivity index (χ1) is 11.4. The van der Waals surface area contributed by atoms with Gasteiger partial charge in [0, 0.05) is 38.2 Å². The predicted octanol–water partition coefficient (Wildman–Crippen LogP) is 1.76. The van der Waals surface area contributed by atoms with Crippen LogP contribution in [0.2, 0.25) is 0 Å². The number of likely N-dealkylation sites (tertiary alicyclic amines) is 1. The molecule has 0 radical (unpaired) electrons. The highest BCUT2D eigenvalue weighted by molar-refractivity contribution is 5.79. The number of halogens is 2. The van der Waals surface area contributed by atoms with Crippen molar-refractivity contribution in [1.29, 1.82) is 0 Å². The van der Waals surface area contributed by atoms with E-state index in [2.05, 4.69) is 5.32 Å². The topological polar surface area (TPSA) is 69.6 Å². The lowest BCUT2D eigenvalue weighted by Gasteiger charge is -2.33. The summed E-state index contributed by atoms with van der Waals surface area (Å²) in [6.45, 7) is 2.33. The summed E-state index contributed by atoms with van der Waals surface area (Å²) in [4.78, 5) is 25.5. The lowest BCUT2D eigenvalue weighted by Crippen LogP contribution is -2.42. The summed E-state index contributed by atoms with van der Waals surface area (Å²) in [5.74, 6) is -2.09. The lowest BCUT2D eigenvalue weighted by atomic mass is 9.97. The monoisotopic (exact) mass is 340 g/mol. The molecule has 24 heavy (non-hydrogen) atoms. The largest absolute Gasteiger partial charge is 0.396 e. The molecule has 2 atom stereocenters. The van der Waals surface area contributed by atoms with Crippen LogP contribution in [0.25, 0.3) is 0 Å². The van der Waals surface area contributed by atoms with Crippen LogP contribution in [0.4, 0.5) is 8.78 Å². The molecule has 1 aliphatic rings. The van der Waals surface area contributed by atoms with Crippen LogP contribution in [0.15, 0.2) is 18.2 Å². The van der Waals surface area contributed by atoms with Crippen molar-refractivity contribution in [3.05, 3.63) is 35.4 Å². The highest BCUT2D eigenvalue weighted by Gasteiger charge is 2.27. The van der Waals surface area contributed by atoms with Crippen LogP contribution in [0.3, 0.4) is 0 Å². The summed E-state index contributed by atoms with van der Waals surface area (Å²) in [6.07, 6.45) is 1.55. The van der Waals surface area contributed by atoms with Crippen LogP contribution >= 0.6 is 0 Å². The van der Waals surface area contributed by atoms with E-state index < -0.39 is 23.6 Å². The molecule has 1 fully saturated rings. The SMILES string of the molecule is CC(=O)NC(CC(=O)N1CCCC(CO)C1)c1ccc(F)cc1F. The first-order valence-corrected chi connectivity index (χ1v) is 8.01. The average Bonchev–Trinajstić information content (AvgIpc) is 2.54. The molecule has 2 amide bonds. The van der Waals surface area contributed by atoms with Gasteiger partial charge in [0.25, 0.3) is 0 Å². The Kier molecular flexibility index (Phi) is 6.25. The number of aliphatic hydroxyl groups is 1. The van der Waals surface area contributed by atoms with Gasteiger partial charge in [-0.15, -0.1) is 0 Å². The normalized spacial score (nSPS) is 19.0. The number of hydrogen-bond acceptors (Lipinski definition) is 3. The van der Waals surface area contributed by atoms with Crippen molar-refractivity contribution < 1.29 is 23.5 Å². The third kappa shape index (κ3) is 4.74. The summed E-state index contributed by atoms with van der Waals surface area (Å²) >= 11 is 0. The summed E-state index contributed by atoms with van der Waals surface area (Å²) in [6, 6.07) is 2.22. The summed E-state index contributed by atoms with van der Waals surface area (Å²) in [5.41, 5.74) is 0.0793. The van der Waals surface area contributed by atoms with Gasteiger partial charge in [-0.3, -0.25) is 9.59 Å². The van der Waals surface area contributed by atoms with Gasteiger partial charge in [-0.25, -0.2) is 8.78 Å². The van der Waals surface area contributed by atoms with Gasteiger partial charge in [-0.05, 0) is 24.8 Å². The molecule has 0 saturated carbocycles. The van der Waals surface area contributed by atoms with Gasteiger partial charge in [0.15, 0.2) is 0 Å². The van der Waals surface area contributed by atoms with Crippen LogP contribution in [-0.2, 0) is 9.59 Å². The van der Waals surface area contributed by atoms with E-state index in [1.807, 2.05) is 0 Å². The minimum absolute atomic E-state index is 0.0193. The molecule has 0 spiro atoms. The van der Waals surface area contributed by atoms with Crippen LogP contribution in [0.5, 0.6) is 0 Å². The van der Waals surface area contributed by atoms with Gasteiger partial charge in [0.2, 0.25) is 11.8 Å². The molecule has 0 aliphatic carbocycles. The number of rotatable bonds is 5. The Labute approximate surface area is 139 Å². The molecular weight excluding hydrogens is 318 g/mol. The molecule has 2 N–H and O–H groups in total. The molecule has 1 aromatic carbocycles. The maximum atomic E-state index is 14.0. The van der Waals surface area contributed by atoms with Gasteiger partial charge >= 0.3 is 0 Å². The van der Waals surface area contributed by atoms with Gasteiger partial charge < -0.3 is 15.3 Å². The Morgan fingerprint density at radius 2 is 2.17 bits per heavy atom. The number of benzene rings is 1. The Balaban J connectivity index is 2.13. The van der Waals surface area contributed by atoms with Crippen molar-refractivity contribution in [2.24, 2.45) is 5.92 Å². The molecule has 1 saturated heterocycles. The summed E-state index contributed by atoms with van der Waals surface area (Å²) in [5, 5.41) is 11.8. The third-order valence-electron chi connectivity index (χ3n) is 4.22. The molecule has 0 aromatic heterocycles. The molecule has 7 heteroatoms. The lowest BCUT2D eigenvalue weighted by molar-refractivity contribution is -0.134. The predicted molar refractivity (Wildman–Crippen MR) is 83.9 cm³/mol. The van der Waals surface area contributed by atoms with E-state index >= 15 is 0 Å². The number of aliphatic hydroxyl groups excluding tert-OH is 1. The molecule has 5 nitrogen and oxygen atoms in total. The number of amides is 2. The Bertz CT molecular complexity index is 609. The Hall–Kier alpha value is -2.02. The first kappa shape index (κ1) is 18.3. The zero-order valence-electron chi connectivity index (χ0n) is 13.6. The van der Waals surface area contributed by atoms with E-state index in [1.165, 1.54) is 13.0 Å². The van der Waals surface area contributed by atoms with Crippen molar-refractivity contribution in [1.82, 2.24) is 10.2 Å². The smallest absolute Gasteiger partial charge is 0.225 e. The molecule has 2 unspecified atom stereocenters. The Morgan fingerprint density at radius 1 is 1.42 bits per heavy atom. The Morgan fingerprint density at radius 3 is 2.79 bits per heavy atom. The van der Waals surface area contributed by atoms with Crippen LogP contribution in [0, 0.1) is 17.6 Å². The van der Waals surface area contributed by atoms with E-state index in [4.69, 9.17) is 0 Å². The quantitative estimate of drug-likeness (QED) is 0.858. The maximum absolute atomic E-state index is 14.0. The number of nitrogens with zero attached hydrogens (tertiary/aromatic N) is 1. The minimum atomic E-state index is -0.856. The summed E-state index contributed by atoms with van der Waals surface area (Å²) < 4.78 is 27.1. The van der Waals surface area contributed by atoms with Crippen molar-refractivity contribution in [2.45, 2.75) is 32.2 Å². The van der Waals surface area contributed by atoms with Crippen LogP contribution in [-0.4, -0.2) is 41.5 Å². The fraction of sp³-hybridized carbons (Fsp3) is 0.529. The second-order valence-corrected chi connectivity index (χ2v) is 6.15. The van der Waals surface area contributed by atoms with Gasteiger partial charge in [0.1, 0.15) is 11.6 Å². The highest BCUT2D eigenvalue weighted by Crippen LogP contribution is 2.24. The van der Waals surface area contributed by atoms with E-state index in [0.29, 0.717) is 13.1 Å². The van der Waals surface area contributed by atoms with Crippen LogP contribution < -0.4 is 5.32 Å². The van der Waals surface area contributed by atoms with Gasteiger partial charge in [0.05, 0.1) is 12.5 Å². The van der Waals surface area contributed by atoms with E-state index in [0.717, 1.165) is 25.0 Å². The van der Waals surface area contributed by atoms with E-state index in [9.17, 15) is 23.5 Å². The number of carbonyl (C=O) groups is 2. The van der Waals surface area contributed by atoms with Gasteiger partial charge in [-0.1, -0.05) is 6.07 Å². The molecule has 132 valence electrons. The fourth-order valence-electron chi connectivity index (χ4n) is 3.01. The minimum Gasteiger partial charge on any atom is -0.396 e. The average molecular weight is 340 g/mol. The standard InChI is InChI=1S/C17H22F2N2O3/c1-11(23)20-16(14-5-4-13(18)7-15(14)19)8-17(24)21-6-2-3-12(9-21)10-22/h4-5,7,12,16,22H,2-3,6,8-10H2,1H3,(H,20,23). The molecule has 1 aromatic rings. The zero-order chi connectivity index (χ0) is 17.7. The molecule has 2 rings (SSSR count). The number of nitrogens with one attached hydrogen (secondary N) is 1. The number of piperidine rings is 1. The first-order valence-electron chi connectivity index (χ1n) is 8.01. The van der Waals surface area contributed by atoms with E-state index in [-0.39, 0.29) is 30.4 Å². The van der Waals surface area contributed by atoms with Crippen molar-refractivity contribution in [2.75, 3.05) is 19.7 Å². The highest BCUT2D eigenvalue weighted by atomic mass is 19.1. The second kappa shape index (κ2) is 8.19. The van der Waals surface area contributed by atoms with Gasteiger partial charge in [-0.2, -0.15) is 0 Å².